The monoisotopic (exact) mass is 382 g/mol. The highest BCUT2D eigenvalue weighted by Gasteiger charge is 2.57. The summed E-state index contributed by atoms with van der Waals surface area (Å²) in [6, 6.07) is 6.64. The van der Waals surface area contributed by atoms with E-state index in [0.29, 0.717) is 10.6 Å². The third kappa shape index (κ3) is 3.91. The Morgan fingerprint density at radius 3 is 2.35 bits per heavy atom. The van der Waals surface area contributed by atoms with Crippen molar-refractivity contribution in [3.63, 3.8) is 0 Å². The molecular weight excluding hydrogens is 360 g/mol. The van der Waals surface area contributed by atoms with E-state index in [-0.39, 0.29) is 19.6 Å². The summed E-state index contributed by atoms with van der Waals surface area (Å²) in [6.07, 6.45) is -0.346. The predicted octanol–water partition coefficient (Wildman–Crippen LogP) is 2.51. The van der Waals surface area contributed by atoms with Crippen molar-refractivity contribution in [3.05, 3.63) is 34.9 Å². The second-order valence-electron chi connectivity index (χ2n) is 6.51. The number of rotatable bonds is 5. The molecule has 0 bridgehead atoms. The highest BCUT2D eigenvalue weighted by molar-refractivity contribution is 6.31. The topological polar surface area (TPSA) is 89.9 Å². The Morgan fingerprint density at radius 2 is 1.77 bits per heavy atom. The maximum absolute atomic E-state index is 12.7. The lowest BCUT2D eigenvalue weighted by Crippen LogP contribution is -2.55. The molecule has 1 saturated carbocycles. The van der Waals surface area contributed by atoms with Crippen LogP contribution in [-0.2, 0) is 23.9 Å². The van der Waals surface area contributed by atoms with Gasteiger partial charge >= 0.3 is 11.9 Å². The molecule has 1 N–H and O–H groups in total. The maximum Gasteiger partial charge on any atom is 0.317 e. The van der Waals surface area contributed by atoms with Gasteiger partial charge in [-0.15, -0.1) is 0 Å². The molecule has 7 heteroatoms. The molecule has 1 aliphatic carbocycles. The van der Waals surface area contributed by atoms with E-state index in [9.17, 15) is 19.5 Å². The average Bonchev–Trinajstić information content (AvgIpc) is 2.54. The van der Waals surface area contributed by atoms with E-state index in [2.05, 4.69) is 0 Å². The van der Waals surface area contributed by atoms with Crippen LogP contribution in [0.4, 0.5) is 0 Å². The van der Waals surface area contributed by atoms with Crippen molar-refractivity contribution >= 4 is 29.3 Å². The van der Waals surface area contributed by atoms with Crippen LogP contribution in [0, 0.1) is 11.8 Å². The minimum absolute atomic E-state index is 0.0956. The van der Waals surface area contributed by atoms with Gasteiger partial charge < -0.3 is 14.6 Å². The SMILES string of the molecule is CCOC(=O)[C@@H]1C(=O)C[C@](C)(O)[C@H](C(=O)OCC)[C@H]1c1ccccc1Cl. The third-order valence-corrected chi connectivity index (χ3v) is 4.96. The molecule has 0 heterocycles. The first-order chi connectivity index (χ1) is 12.2. The van der Waals surface area contributed by atoms with E-state index < -0.39 is 41.1 Å². The van der Waals surface area contributed by atoms with Gasteiger partial charge in [0.05, 0.1) is 24.7 Å². The first-order valence-corrected chi connectivity index (χ1v) is 8.95. The molecule has 1 fully saturated rings. The minimum atomic E-state index is -1.67. The molecule has 142 valence electrons. The summed E-state index contributed by atoms with van der Waals surface area (Å²) in [4.78, 5) is 37.9. The number of ketones is 1. The van der Waals surface area contributed by atoms with Crippen LogP contribution in [0.2, 0.25) is 5.02 Å². The Bertz CT molecular complexity index is 699. The third-order valence-electron chi connectivity index (χ3n) is 4.61. The number of aliphatic hydroxyl groups is 1. The second-order valence-corrected chi connectivity index (χ2v) is 6.91. The van der Waals surface area contributed by atoms with E-state index in [0.717, 1.165) is 0 Å². The highest BCUT2D eigenvalue weighted by Crippen LogP contribution is 2.48. The molecule has 0 aliphatic heterocycles. The van der Waals surface area contributed by atoms with Gasteiger partial charge in [-0.25, -0.2) is 0 Å². The van der Waals surface area contributed by atoms with Crippen LogP contribution in [0.25, 0.3) is 0 Å². The van der Waals surface area contributed by atoms with Gasteiger partial charge in [0.25, 0.3) is 0 Å². The van der Waals surface area contributed by atoms with Crippen molar-refractivity contribution in [3.8, 4) is 0 Å². The van der Waals surface area contributed by atoms with Gasteiger partial charge in [0.2, 0.25) is 0 Å². The summed E-state index contributed by atoms with van der Waals surface area (Å²) < 4.78 is 10.2. The number of halogens is 1. The molecule has 26 heavy (non-hydrogen) atoms. The van der Waals surface area contributed by atoms with E-state index in [4.69, 9.17) is 21.1 Å². The predicted molar refractivity (Wildman–Crippen MR) is 94.7 cm³/mol. The van der Waals surface area contributed by atoms with Crippen LogP contribution in [0.15, 0.2) is 24.3 Å². The first-order valence-electron chi connectivity index (χ1n) is 8.57. The molecule has 0 saturated heterocycles. The number of carbonyl (C=O) groups is 3. The van der Waals surface area contributed by atoms with E-state index >= 15 is 0 Å². The fraction of sp³-hybridized carbons (Fsp3) is 0.526. The second kappa shape index (κ2) is 8.18. The van der Waals surface area contributed by atoms with Crippen LogP contribution in [0.5, 0.6) is 0 Å². The molecule has 1 aliphatic rings. The van der Waals surface area contributed by atoms with Crippen LogP contribution in [0.1, 0.15) is 38.7 Å². The fourth-order valence-corrected chi connectivity index (χ4v) is 3.86. The quantitative estimate of drug-likeness (QED) is 0.621. The number of esters is 2. The van der Waals surface area contributed by atoms with Gasteiger partial charge in [0.1, 0.15) is 5.92 Å². The van der Waals surface area contributed by atoms with Gasteiger partial charge in [-0.1, -0.05) is 29.8 Å². The van der Waals surface area contributed by atoms with E-state index in [1.807, 2.05) is 0 Å². The molecular formula is C19H23ClO6. The maximum atomic E-state index is 12.7. The van der Waals surface area contributed by atoms with Crippen molar-refractivity contribution in [1.82, 2.24) is 0 Å². The molecule has 4 atom stereocenters. The average molecular weight is 383 g/mol. The first kappa shape index (κ1) is 20.4. The lowest BCUT2D eigenvalue weighted by molar-refractivity contribution is -0.172. The zero-order valence-corrected chi connectivity index (χ0v) is 15.8. The zero-order chi connectivity index (χ0) is 19.5. The molecule has 1 aromatic rings. The van der Waals surface area contributed by atoms with Crippen LogP contribution in [-0.4, -0.2) is 41.6 Å². The van der Waals surface area contributed by atoms with E-state index in [1.165, 1.54) is 6.92 Å². The van der Waals surface area contributed by atoms with Crippen LogP contribution >= 0.6 is 11.6 Å². The van der Waals surface area contributed by atoms with Gasteiger partial charge in [0, 0.05) is 17.4 Å². The number of carbonyl (C=O) groups excluding carboxylic acids is 3. The number of ether oxygens (including phenoxy) is 2. The zero-order valence-electron chi connectivity index (χ0n) is 15.0. The molecule has 2 rings (SSSR count). The molecule has 0 spiro atoms. The van der Waals surface area contributed by atoms with Crippen molar-refractivity contribution in [2.24, 2.45) is 11.8 Å². The Balaban J connectivity index is 2.64. The summed E-state index contributed by atoms with van der Waals surface area (Å²) in [5.74, 6) is -5.23. The minimum Gasteiger partial charge on any atom is -0.466 e. The molecule has 0 amide bonds. The highest BCUT2D eigenvalue weighted by atomic mass is 35.5. The van der Waals surface area contributed by atoms with Crippen molar-refractivity contribution < 1.29 is 29.0 Å². The number of Topliss-reactive ketones (excluding diaryl/α,β-unsaturated/α-hetero) is 1. The van der Waals surface area contributed by atoms with Crippen molar-refractivity contribution in [2.45, 2.75) is 38.7 Å². The van der Waals surface area contributed by atoms with Crippen molar-refractivity contribution in [1.29, 1.82) is 0 Å². The van der Waals surface area contributed by atoms with Gasteiger partial charge in [-0.05, 0) is 32.4 Å². The smallest absolute Gasteiger partial charge is 0.317 e. The lowest BCUT2D eigenvalue weighted by Gasteiger charge is -2.43. The Labute approximate surface area is 157 Å². The molecule has 1 aromatic carbocycles. The summed E-state index contributed by atoms with van der Waals surface area (Å²) in [6.45, 7) is 4.89. The van der Waals surface area contributed by atoms with Crippen LogP contribution in [0.3, 0.4) is 0 Å². The summed E-state index contributed by atoms with van der Waals surface area (Å²) >= 11 is 6.30. The Kier molecular flexibility index (Phi) is 6.42. The lowest BCUT2D eigenvalue weighted by atomic mass is 9.61. The normalized spacial score (nSPS) is 28.5. The van der Waals surface area contributed by atoms with Gasteiger partial charge in [0.15, 0.2) is 5.78 Å². The van der Waals surface area contributed by atoms with E-state index in [1.54, 1.807) is 38.1 Å². The fourth-order valence-electron chi connectivity index (χ4n) is 3.60. The number of benzene rings is 1. The summed E-state index contributed by atoms with van der Waals surface area (Å²) in [5, 5.41) is 11.1. The number of hydrogen-bond acceptors (Lipinski definition) is 6. The Hall–Kier alpha value is -1.92. The van der Waals surface area contributed by atoms with Gasteiger partial charge in [-0.2, -0.15) is 0 Å². The van der Waals surface area contributed by atoms with Crippen LogP contribution < -0.4 is 0 Å². The largest absolute Gasteiger partial charge is 0.466 e. The summed E-state index contributed by atoms with van der Waals surface area (Å²) in [7, 11) is 0. The molecule has 0 radical (unpaired) electrons. The van der Waals surface area contributed by atoms with Crippen molar-refractivity contribution in [2.75, 3.05) is 13.2 Å². The molecule has 6 nitrogen and oxygen atoms in total. The summed E-state index contributed by atoms with van der Waals surface area (Å²) in [5.41, 5.74) is -1.24. The molecule has 0 aromatic heterocycles. The van der Waals surface area contributed by atoms with Gasteiger partial charge in [-0.3, -0.25) is 14.4 Å². The standard InChI is InChI=1S/C19H23ClO6/c1-4-25-17(22)15-13(21)10-19(3,24)16(18(23)26-5-2)14(15)11-8-6-7-9-12(11)20/h6-9,14-16,24H,4-5,10H2,1-3H3/t14-,15+,16-,19-/m0/s1. The number of hydrogen-bond donors (Lipinski definition) is 1. The molecule has 0 unspecified atom stereocenters. The Morgan fingerprint density at radius 1 is 1.19 bits per heavy atom.